The molecular formula is C51H37Ir2N3O-2. The number of rotatable bonds is 6. The summed E-state index contributed by atoms with van der Waals surface area (Å²) in [7, 11) is 0. The Morgan fingerprint density at radius 1 is 0.544 bits per heavy atom. The van der Waals surface area contributed by atoms with Crippen LogP contribution in [0, 0.1) is 39.8 Å². The van der Waals surface area contributed by atoms with E-state index in [4.69, 9.17) is 9.97 Å². The average molecular weight is 1090 g/mol. The summed E-state index contributed by atoms with van der Waals surface area (Å²) in [6.07, 6.45) is 3.78. The first-order valence-corrected chi connectivity index (χ1v) is 18.5. The van der Waals surface area contributed by atoms with Crippen molar-refractivity contribution in [2.75, 3.05) is 0 Å². The van der Waals surface area contributed by atoms with Crippen molar-refractivity contribution in [3.63, 3.8) is 0 Å². The zero-order valence-electron chi connectivity index (χ0n) is 31.9. The van der Waals surface area contributed by atoms with Crippen LogP contribution in [0.1, 0.15) is 22.3 Å². The molecule has 2 radical (unpaired) electrons. The Bertz CT molecular complexity index is 2960. The molecule has 9 rings (SSSR count). The molecule has 3 aromatic heterocycles. The minimum Gasteiger partial charge on any atom is -0.327 e. The van der Waals surface area contributed by atoms with Crippen LogP contribution in [-0.4, -0.2) is 14.4 Å². The summed E-state index contributed by atoms with van der Waals surface area (Å²) >= 11 is 0. The first-order valence-electron chi connectivity index (χ1n) is 18.5. The van der Waals surface area contributed by atoms with Crippen molar-refractivity contribution in [2.24, 2.45) is 0 Å². The summed E-state index contributed by atoms with van der Waals surface area (Å²) < 4.78 is 1.57. The Morgan fingerprint density at radius 3 is 1.81 bits per heavy atom. The summed E-state index contributed by atoms with van der Waals surface area (Å²) in [5.41, 5.74) is 19.2. The zero-order valence-corrected chi connectivity index (χ0v) is 36.6. The molecule has 0 fully saturated rings. The van der Waals surface area contributed by atoms with Gasteiger partial charge in [0.25, 0.3) is 0 Å². The van der Waals surface area contributed by atoms with Crippen LogP contribution >= 0.6 is 0 Å². The molecule has 9 aromatic rings. The number of aromatic nitrogens is 3. The number of hydrogen-bond donors (Lipinski definition) is 0. The molecule has 0 aliphatic carbocycles. The number of fused-ring (bicyclic) bond motifs is 2. The van der Waals surface area contributed by atoms with Crippen LogP contribution in [0.25, 0.3) is 83.4 Å². The largest absolute Gasteiger partial charge is 0.327 e. The molecule has 6 aromatic carbocycles. The van der Waals surface area contributed by atoms with Crippen LogP contribution in [-0.2, 0) is 40.2 Å². The Hall–Kier alpha value is -5.61. The van der Waals surface area contributed by atoms with Crippen molar-refractivity contribution in [1.82, 2.24) is 14.4 Å². The molecule has 0 saturated heterocycles. The maximum atomic E-state index is 13.3. The molecule has 0 amide bonds. The normalized spacial score (nSPS) is 10.9. The Morgan fingerprint density at radius 2 is 1.14 bits per heavy atom. The van der Waals surface area contributed by atoms with Crippen LogP contribution < -0.4 is 5.56 Å². The number of benzene rings is 6. The predicted octanol–water partition coefficient (Wildman–Crippen LogP) is 12.1. The fraction of sp³-hybridized carbons (Fsp3) is 0.0784. The van der Waals surface area contributed by atoms with E-state index in [0.717, 1.165) is 50.2 Å². The molecule has 0 atom stereocenters. The fourth-order valence-corrected chi connectivity index (χ4v) is 8.08. The van der Waals surface area contributed by atoms with Gasteiger partial charge in [0.15, 0.2) is 5.56 Å². The SMILES string of the molecule is Cc1c(C)c(-c2ccccc2-c2cnc(-c3[c-]cccc3)cc2-c2ccccc2)c(C)c(C)c1-c1ccccc1-c1c[c-]c2c(=O)n3ccccc3nc2c1.[Ir].[Ir]. The van der Waals surface area contributed by atoms with Crippen LogP contribution in [0.5, 0.6) is 0 Å². The van der Waals surface area contributed by atoms with Gasteiger partial charge in [0, 0.05) is 58.2 Å². The third-order valence-electron chi connectivity index (χ3n) is 11.0. The van der Waals surface area contributed by atoms with E-state index in [1.807, 2.05) is 54.7 Å². The van der Waals surface area contributed by atoms with Crippen LogP contribution in [0.3, 0.4) is 0 Å². The average Bonchev–Trinajstić information content (AvgIpc) is 3.24. The molecule has 0 unspecified atom stereocenters. The van der Waals surface area contributed by atoms with Crippen LogP contribution in [0.15, 0.2) is 157 Å². The molecule has 4 nitrogen and oxygen atoms in total. The molecule has 57 heavy (non-hydrogen) atoms. The quantitative estimate of drug-likeness (QED) is 0.123. The van der Waals surface area contributed by atoms with Gasteiger partial charge < -0.3 is 14.2 Å². The van der Waals surface area contributed by atoms with Crippen LogP contribution in [0.2, 0.25) is 0 Å². The fourth-order valence-electron chi connectivity index (χ4n) is 8.08. The van der Waals surface area contributed by atoms with E-state index in [1.54, 1.807) is 10.6 Å². The molecule has 282 valence electrons. The van der Waals surface area contributed by atoms with Gasteiger partial charge in [0.2, 0.25) is 0 Å². The summed E-state index contributed by atoms with van der Waals surface area (Å²) in [4.78, 5) is 23.1. The summed E-state index contributed by atoms with van der Waals surface area (Å²) in [5.74, 6) is 0. The van der Waals surface area contributed by atoms with E-state index >= 15 is 0 Å². The second-order valence-corrected chi connectivity index (χ2v) is 14.1. The smallest absolute Gasteiger partial charge is 0.179 e. The second kappa shape index (κ2) is 16.5. The van der Waals surface area contributed by atoms with Crippen molar-refractivity contribution in [3.8, 4) is 66.9 Å². The van der Waals surface area contributed by atoms with E-state index in [2.05, 4.69) is 131 Å². The van der Waals surface area contributed by atoms with Gasteiger partial charge in [-0.3, -0.25) is 4.98 Å². The number of pyridine rings is 2. The van der Waals surface area contributed by atoms with Gasteiger partial charge in [0.1, 0.15) is 5.65 Å². The second-order valence-electron chi connectivity index (χ2n) is 14.1. The molecule has 0 spiro atoms. The number of hydrogen-bond acceptors (Lipinski definition) is 3. The molecule has 0 saturated carbocycles. The van der Waals surface area contributed by atoms with Gasteiger partial charge in [-0.2, -0.15) is 0 Å². The van der Waals surface area contributed by atoms with Crippen molar-refractivity contribution < 1.29 is 40.2 Å². The zero-order chi connectivity index (χ0) is 37.6. The Kier molecular flexibility index (Phi) is 11.4. The van der Waals surface area contributed by atoms with Gasteiger partial charge in [0.05, 0.1) is 0 Å². The summed E-state index contributed by atoms with van der Waals surface area (Å²) in [6, 6.07) is 54.2. The monoisotopic (exact) mass is 1090 g/mol. The summed E-state index contributed by atoms with van der Waals surface area (Å²) in [5, 5.41) is 0.477. The summed E-state index contributed by atoms with van der Waals surface area (Å²) in [6.45, 7) is 8.97. The van der Waals surface area contributed by atoms with E-state index in [1.165, 1.54) is 38.9 Å². The van der Waals surface area contributed by atoms with E-state index in [9.17, 15) is 4.79 Å². The molecule has 6 heteroatoms. The molecule has 3 heterocycles. The van der Waals surface area contributed by atoms with Crippen molar-refractivity contribution in [1.29, 1.82) is 0 Å². The van der Waals surface area contributed by atoms with E-state index < -0.39 is 0 Å². The standard InChI is InChI=1S/C51H37N3O.2Ir/c1-32-34(3)50(42-24-14-12-22-40(42)45-31-52-46(37-19-9-6-10-20-37)30-44(45)36-17-7-5-8-18-36)35(4)33(2)49(32)41-23-13-11-21-39(41)38-26-27-43-47(29-38)53-48-25-15-16-28-54(48)51(43)55;;/h5-19,21-26,28-31H,1-4H3;;/q-2;;. The molecule has 0 aliphatic heterocycles. The van der Waals surface area contributed by atoms with Gasteiger partial charge in [-0.1, -0.05) is 108 Å². The molecule has 0 N–H and O–H groups in total. The van der Waals surface area contributed by atoms with E-state index in [-0.39, 0.29) is 45.8 Å². The van der Waals surface area contributed by atoms with Gasteiger partial charge in [-0.15, -0.1) is 54.1 Å². The van der Waals surface area contributed by atoms with Crippen molar-refractivity contribution >= 4 is 16.6 Å². The van der Waals surface area contributed by atoms with Crippen LogP contribution in [0.4, 0.5) is 0 Å². The molecule has 0 bridgehead atoms. The topological polar surface area (TPSA) is 47.3 Å². The first kappa shape index (κ1) is 39.6. The van der Waals surface area contributed by atoms with E-state index in [0.29, 0.717) is 16.6 Å². The third-order valence-corrected chi connectivity index (χ3v) is 11.0. The Balaban J connectivity index is 0.00000248. The molecule has 0 aliphatic rings. The van der Waals surface area contributed by atoms with Gasteiger partial charge >= 0.3 is 0 Å². The number of nitrogens with zero attached hydrogens (tertiary/aromatic N) is 3. The third kappa shape index (κ3) is 7.05. The van der Waals surface area contributed by atoms with Gasteiger partial charge in [-0.05, 0) is 112 Å². The van der Waals surface area contributed by atoms with Crippen molar-refractivity contribution in [3.05, 3.63) is 197 Å². The maximum Gasteiger partial charge on any atom is 0.179 e. The van der Waals surface area contributed by atoms with Crippen molar-refractivity contribution in [2.45, 2.75) is 27.7 Å². The predicted molar refractivity (Wildman–Crippen MR) is 226 cm³/mol. The molecular weight excluding hydrogens is 1060 g/mol. The minimum atomic E-state index is -0.119. The van der Waals surface area contributed by atoms with Gasteiger partial charge in [-0.25, -0.2) is 0 Å². The maximum absolute atomic E-state index is 13.3. The minimum absolute atomic E-state index is 0. The Labute approximate surface area is 360 Å². The first-order chi connectivity index (χ1) is 26.9.